The van der Waals surface area contributed by atoms with E-state index in [1.807, 2.05) is 12.1 Å². The lowest BCUT2D eigenvalue weighted by Crippen LogP contribution is -2.04. The summed E-state index contributed by atoms with van der Waals surface area (Å²) in [4.78, 5) is 12.2. The van der Waals surface area contributed by atoms with Gasteiger partial charge in [0, 0.05) is 17.6 Å². The van der Waals surface area contributed by atoms with Crippen LogP contribution in [0, 0.1) is 0 Å². The summed E-state index contributed by atoms with van der Waals surface area (Å²) in [6, 6.07) is 12.2. The van der Waals surface area contributed by atoms with Crippen molar-refractivity contribution in [2.75, 3.05) is 0 Å². The molecule has 0 aliphatic heterocycles. The second-order valence-electron chi connectivity index (χ2n) is 4.96. The predicted molar refractivity (Wildman–Crippen MR) is 73.9 cm³/mol. The van der Waals surface area contributed by atoms with Crippen molar-refractivity contribution < 1.29 is 18.0 Å². The highest BCUT2D eigenvalue weighted by atomic mass is 19.4. The Bertz CT molecular complexity index is 742. The number of hydrogen-bond donors (Lipinski definition) is 0. The van der Waals surface area contributed by atoms with E-state index in [0.717, 1.165) is 17.7 Å². The smallest absolute Gasteiger partial charge is 0.289 e. The third-order valence-electron chi connectivity index (χ3n) is 3.49. The third-order valence-corrected chi connectivity index (χ3v) is 3.49. The molecular weight excluding hydrogens is 277 g/mol. The Balaban J connectivity index is 1.96. The number of halogens is 3. The summed E-state index contributed by atoms with van der Waals surface area (Å²) < 4.78 is 38.1. The predicted octanol–water partition coefficient (Wildman–Crippen LogP) is 4.53. The normalized spacial score (nSPS) is 16.3. The largest absolute Gasteiger partial charge is 0.416 e. The Labute approximate surface area is 119 Å². The highest BCUT2D eigenvalue weighted by Crippen LogP contribution is 2.31. The molecule has 0 spiro atoms. The fraction of sp³-hybridized carbons (Fsp3) is 0.118. The van der Waals surface area contributed by atoms with Crippen LogP contribution in [0.1, 0.15) is 27.0 Å². The number of fused-ring (bicyclic) bond motifs is 1. The lowest BCUT2D eigenvalue weighted by molar-refractivity contribution is -0.137. The van der Waals surface area contributed by atoms with E-state index in [-0.39, 0.29) is 5.78 Å². The van der Waals surface area contributed by atoms with Crippen molar-refractivity contribution in [3.8, 4) is 0 Å². The summed E-state index contributed by atoms with van der Waals surface area (Å²) in [5.41, 5.74) is 1.76. The molecule has 0 amide bonds. The molecule has 0 radical (unpaired) electrons. The van der Waals surface area contributed by atoms with Crippen LogP contribution in [0.3, 0.4) is 0 Å². The first-order chi connectivity index (χ1) is 9.95. The van der Waals surface area contributed by atoms with Gasteiger partial charge in [-0.15, -0.1) is 0 Å². The number of carbonyl (C=O) groups is 1. The molecule has 0 N–H and O–H groups in total. The summed E-state index contributed by atoms with van der Waals surface area (Å²) in [5, 5.41) is 0. The lowest BCUT2D eigenvalue weighted by Gasteiger charge is -2.07. The first kappa shape index (κ1) is 13.6. The summed E-state index contributed by atoms with van der Waals surface area (Å²) in [5.74, 6) is -0.108. The van der Waals surface area contributed by atoms with Gasteiger partial charge in [-0.25, -0.2) is 0 Å². The van der Waals surface area contributed by atoms with Gasteiger partial charge in [-0.1, -0.05) is 36.4 Å². The zero-order valence-electron chi connectivity index (χ0n) is 10.9. The maximum Gasteiger partial charge on any atom is 0.416 e. The maximum atomic E-state index is 12.7. The van der Waals surface area contributed by atoms with E-state index in [9.17, 15) is 18.0 Å². The summed E-state index contributed by atoms with van der Waals surface area (Å²) >= 11 is 0. The number of alkyl halides is 3. The van der Waals surface area contributed by atoms with Gasteiger partial charge in [0.15, 0.2) is 5.78 Å². The van der Waals surface area contributed by atoms with Crippen LogP contribution < -0.4 is 0 Å². The number of ketones is 1. The molecule has 4 heteroatoms. The third kappa shape index (κ3) is 2.61. The molecule has 2 aromatic rings. The molecular formula is C17H11F3O. The zero-order valence-corrected chi connectivity index (χ0v) is 10.9. The van der Waals surface area contributed by atoms with Crippen molar-refractivity contribution in [3.05, 3.63) is 76.4 Å². The van der Waals surface area contributed by atoms with Crippen LogP contribution in [0.4, 0.5) is 13.2 Å². The van der Waals surface area contributed by atoms with Crippen molar-refractivity contribution in [1.29, 1.82) is 0 Å². The van der Waals surface area contributed by atoms with Gasteiger partial charge in [-0.05, 0) is 29.3 Å². The van der Waals surface area contributed by atoms with E-state index >= 15 is 0 Å². The molecule has 0 fully saturated rings. The highest BCUT2D eigenvalue weighted by molar-refractivity contribution is 6.15. The Morgan fingerprint density at radius 2 is 1.76 bits per heavy atom. The van der Waals surface area contributed by atoms with Gasteiger partial charge in [0.05, 0.1) is 5.56 Å². The molecule has 1 aliphatic rings. The Hall–Kier alpha value is -2.36. The molecule has 2 aromatic carbocycles. The summed E-state index contributed by atoms with van der Waals surface area (Å²) in [7, 11) is 0. The maximum absolute atomic E-state index is 12.7. The quantitative estimate of drug-likeness (QED) is 0.705. The molecule has 0 bridgehead atoms. The number of Topliss-reactive ketones (excluding diaryl/α,β-unsaturated/α-hetero) is 1. The Morgan fingerprint density at radius 3 is 2.48 bits per heavy atom. The average Bonchev–Trinajstić information content (AvgIpc) is 2.75. The molecule has 106 valence electrons. The molecule has 0 saturated heterocycles. The van der Waals surface area contributed by atoms with Gasteiger partial charge in [-0.2, -0.15) is 13.2 Å². The Kier molecular flexibility index (Phi) is 3.16. The van der Waals surface area contributed by atoms with Crippen LogP contribution in [0.5, 0.6) is 0 Å². The van der Waals surface area contributed by atoms with Crippen LogP contribution >= 0.6 is 0 Å². The molecule has 0 saturated carbocycles. The number of allylic oxidation sites excluding steroid dienone is 1. The van der Waals surface area contributed by atoms with E-state index in [1.165, 1.54) is 12.1 Å². The van der Waals surface area contributed by atoms with Gasteiger partial charge in [0.25, 0.3) is 0 Å². The number of carbonyl (C=O) groups excluding carboxylic acids is 1. The zero-order chi connectivity index (χ0) is 15.0. The minimum Gasteiger partial charge on any atom is -0.289 e. The SMILES string of the molecule is O=C1C(=Cc2cccc(C(F)(F)F)c2)Cc2ccccc21. The van der Waals surface area contributed by atoms with Gasteiger partial charge < -0.3 is 0 Å². The minimum absolute atomic E-state index is 0.108. The molecule has 3 rings (SSSR count). The molecule has 0 unspecified atom stereocenters. The van der Waals surface area contributed by atoms with Crippen molar-refractivity contribution in [3.63, 3.8) is 0 Å². The van der Waals surface area contributed by atoms with Crippen LogP contribution in [-0.2, 0) is 12.6 Å². The minimum atomic E-state index is -4.38. The average molecular weight is 288 g/mol. The van der Waals surface area contributed by atoms with Gasteiger partial charge in [0.2, 0.25) is 0 Å². The second kappa shape index (κ2) is 4.88. The number of benzene rings is 2. The van der Waals surface area contributed by atoms with Crippen LogP contribution in [0.25, 0.3) is 6.08 Å². The van der Waals surface area contributed by atoms with Crippen LogP contribution in [-0.4, -0.2) is 5.78 Å². The summed E-state index contributed by atoms with van der Waals surface area (Å²) in [6.45, 7) is 0. The second-order valence-corrected chi connectivity index (χ2v) is 4.96. The molecule has 1 nitrogen and oxygen atoms in total. The lowest BCUT2D eigenvalue weighted by atomic mass is 10.1. The van der Waals surface area contributed by atoms with Crippen molar-refractivity contribution in [2.45, 2.75) is 12.6 Å². The fourth-order valence-electron chi connectivity index (χ4n) is 2.48. The van der Waals surface area contributed by atoms with Crippen molar-refractivity contribution >= 4 is 11.9 Å². The summed E-state index contributed by atoms with van der Waals surface area (Å²) in [6.07, 6.45) is -2.38. The molecule has 0 aromatic heterocycles. The van der Waals surface area contributed by atoms with E-state index in [4.69, 9.17) is 0 Å². The van der Waals surface area contributed by atoms with E-state index in [0.29, 0.717) is 23.1 Å². The molecule has 0 atom stereocenters. The van der Waals surface area contributed by atoms with E-state index < -0.39 is 11.7 Å². The molecule has 0 heterocycles. The number of hydrogen-bond acceptors (Lipinski definition) is 1. The first-order valence-electron chi connectivity index (χ1n) is 6.45. The van der Waals surface area contributed by atoms with Gasteiger partial charge in [-0.3, -0.25) is 4.79 Å². The number of rotatable bonds is 1. The van der Waals surface area contributed by atoms with Crippen molar-refractivity contribution in [2.24, 2.45) is 0 Å². The highest BCUT2D eigenvalue weighted by Gasteiger charge is 2.30. The van der Waals surface area contributed by atoms with Crippen molar-refractivity contribution in [1.82, 2.24) is 0 Å². The monoisotopic (exact) mass is 288 g/mol. The fourth-order valence-corrected chi connectivity index (χ4v) is 2.48. The van der Waals surface area contributed by atoms with Gasteiger partial charge in [0.1, 0.15) is 0 Å². The van der Waals surface area contributed by atoms with Crippen LogP contribution in [0.2, 0.25) is 0 Å². The van der Waals surface area contributed by atoms with E-state index in [1.54, 1.807) is 18.2 Å². The topological polar surface area (TPSA) is 17.1 Å². The van der Waals surface area contributed by atoms with Crippen LogP contribution in [0.15, 0.2) is 54.1 Å². The van der Waals surface area contributed by atoms with E-state index in [2.05, 4.69) is 0 Å². The Morgan fingerprint density at radius 1 is 1.00 bits per heavy atom. The standard InChI is InChI=1S/C17H11F3O/c18-17(19,20)14-6-3-4-11(9-14)8-13-10-12-5-1-2-7-15(12)16(13)21/h1-9H,10H2. The van der Waals surface area contributed by atoms with Gasteiger partial charge >= 0.3 is 6.18 Å². The molecule has 1 aliphatic carbocycles. The first-order valence-corrected chi connectivity index (χ1v) is 6.45. The molecule has 21 heavy (non-hydrogen) atoms.